The van der Waals surface area contributed by atoms with E-state index in [1.807, 2.05) is 6.92 Å². The molecule has 0 saturated heterocycles. The molecule has 5 nitrogen and oxygen atoms in total. The Morgan fingerprint density at radius 2 is 2.25 bits per heavy atom. The maximum Gasteiger partial charge on any atom is 0.289 e. The van der Waals surface area contributed by atoms with Crippen LogP contribution in [0.4, 0.5) is 11.4 Å². The second kappa shape index (κ2) is 5.58. The summed E-state index contributed by atoms with van der Waals surface area (Å²) in [5, 5.41) is 14.4. The van der Waals surface area contributed by atoms with Crippen LogP contribution in [0.15, 0.2) is 18.2 Å². The number of hydrogen-bond donors (Lipinski definition) is 1. The lowest BCUT2D eigenvalue weighted by molar-refractivity contribution is -0.384. The molecule has 0 spiro atoms. The van der Waals surface area contributed by atoms with Crippen molar-refractivity contribution in [2.75, 3.05) is 11.9 Å². The molecule has 1 aromatic rings. The summed E-state index contributed by atoms with van der Waals surface area (Å²) in [6, 6.07) is 5.03. The maximum absolute atomic E-state index is 10.9. The largest absolute Gasteiger partial charge is 0.381 e. The quantitative estimate of drug-likeness (QED) is 0.662. The lowest BCUT2D eigenvalue weighted by Crippen LogP contribution is -2.58. The van der Waals surface area contributed by atoms with E-state index in [0.717, 1.165) is 6.42 Å². The van der Waals surface area contributed by atoms with E-state index in [-0.39, 0.29) is 28.3 Å². The van der Waals surface area contributed by atoms with Crippen LogP contribution < -0.4 is 5.32 Å². The summed E-state index contributed by atoms with van der Waals surface area (Å²) in [6.07, 6.45) is 1.13. The van der Waals surface area contributed by atoms with Crippen LogP contribution in [0, 0.1) is 15.5 Å². The van der Waals surface area contributed by atoms with Gasteiger partial charge in [-0.15, -0.1) is 0 Å². The lowest BCUT2D eigenvalue weighted by Gasteiger charge is -2.52. The Kier molecular flexibility index (Phi) is 4.20. The molecule has 2 unspecified atom stereocenters. The molecule has 0 aliphatic heterocycles. The van der Waals surface area contributed by atoms with Gasteiger partial charge < -0.3 is 10.1 Å². The number of anilines is 1. The topological polar surface area (TPSA) is 64.4 Å². The first-order valence-electron chi connectivity index (χ1n) is 6.68. The monoisotopic (exact) mass is 298 g/mol. The van der Waals surface area contributed by atoms with Gasteiger partial charge in [-0.3, -0.25) is 10.1 Å². The predicted octanol–water partition coefficient (Wildman–Crippen LogP) is 3.86. The molecule has 1 aromatic carbocycles. The minimum Gasteiger partial charge on any atom is -0.381 e. The number of nitro benzene ring substituents is 1. The van der Waals surface area contributed by atoms with Crippen molar-refractivity contribution >= 4 is 23.0 Å². The lowest BCUT2D eigenvalue weighted by atomic mass is 9.64. The summed E-state index contributed by atoms with van der Waals surface area (Å²) in [5.41, 5.74) is 0.647. The minimum atomic E-state index is -0.470. The highest BCUT2D eigenvalue weighted by molar-refractivity contribution is 6.32. The third-order valence-electron chi connectivity index (χ3n) is 4.03. The number of hydrogen-bond acceptors (Lipinski definition) is 4. The van der Waals surface area contributed by atoms with E-state index in [2.05, 4.69) is 19.2 Å². The first kappa shape index (κ1) is 15.1. The SMILES string of the molecule is CCOC1CC(Nc2ccc(Cl)c([N+](=O)[O-])c2)C1(C)C. The molecule has 0 amide bonds. The van der Waals surface area contributed by atoms with Gasteiger partial charge in [0, 0.05) is 29.8 Å². The van der Waals surface area contributed by atoms with Crippen molar-refractivity contribution in [3.8, 4) is 0 Å². The minimum absolute atomic E-state index is 0.00439. The molecule has 1 aliphatic rings. The van der Waals surface area contributed by atoms with Crippen molar-refractivity contribution in [2.45, 2.75) is 39.3 Å². The summed E-state index contributed by atoms with van der Waals surface area (Å²) in [6.45, 7) is 6.96. The zero-order chi connectivity index (χ0) is 14.9. The van der Waals surface area contributed by atoms with E-state index in [0.29, 0.717) is 12.3 Å². The van der Waals surface area contributed by atoms with Gasteiger partial charge in [0.05, 0.1) is 11.0 Å². The highest BCUT2D eigenvalue weighted by atomic mass is 35.5. The van der Waals surface area contributed by atoms with E-state index < -0.39 is 4.92 Å². The molecule has 1 fully saturated rings. The first-order chi connectivity index (χ1) is 9.36. The summed E-state index contributed by atoms with van der Waals surface area (Å²) >= 11 is 5.81. The first-order valence-corrected chi connectivity index (χ1v) is 7.06. The average molecular weight is 299 g/mol. The fourth-order valence-electron chi connectivity index (χ4n) is 2.56. The van der Waals surface area contributed by atoms with Gasteiger partial charge in [-0.25, -0.2) is 0 Å². The van der Waals surface area contributed by atoms with Gasteiger partial charge in [0.25, 0.3) is 5.69 Å². The van der Waals surface area contributed by atoms with Crippen LogP contribution in [0.3, 0.4) is 0 Å². The summed E-state index contributed by atoms with van der Waals surface area (Å²) in [5.74, 6) is 0. The molecule has 6 heteroatoms. The zero-order valence-electron chi connectivity index (χ0n) is 11.9. The van der Waals surface area contributed by atoms with Crippen molar-refractivity contribution < 1.29 is 9.66 Å². The van der Waals surface area contributed by atoms with Crippen LogP contribution in [0.1, 0.15) is 27.2 Å². The molecular formula is C14H19ClN2O3. The van der Waals surface area contributed by atoms with Crippen LogP contribution in [0.5, 0.6) is 0 Å². The summed E-state index contributed by atoms with van der Waals surface area (Å²) in [4.78, 5) is 10.4. The molecule has 0 bridgehead atoms. The molecular weight excluding hydrogens is 280 g/mol. The predicted molar refractivity (Wildman–Crippen MR) is 79.3 cm³/mol. The molecule has 2 rings (SSSR count). The molecule has 0 heterocycles. The molecule has 1 aliphatic carbocycles. The van der Waals surface area contributed by atoms with Crippen LogP contribution in [-0.4, -0.2) is 23.7 Å². The fraction of sp³-hybridized carbons (Fsp3) is 0.571. The van der Waals surface area contributed by atoms with Gasteiger partial charge in [-0.05, 0) is 25.5 Å². The standard InChI is InChI=1S/C14H19ClN2O3/c1-4-20-13-8-12(14(13,2)3)16-9-5-6-10(15)11(7-9)17(18)19/h5-7,12-13,16H,4,8H2,1-3H3. The van der Waals surface area contributed by atoms with Crippen LogP contribution >= 0.6 is 11.6 Å². The maximum atomic E-state index is 10.9. The number of rotatable bonds is 5. The number of ether oxygens (including phenoxy) is 1. The number of benzene rings is 1. The Morgan fingerprint density at radius 1 is 1.55 bits per heavy atom. The van der Waals surface area contributed by atoms with E-state index in [1.54, 1.807) is 12.1 Å². The van der Waals surface area contributed by atoms with Crippen molar-refractivity contribution in [1.82, 2.24) is 0 Å². The Balaban J connectivity index is 2.09. The van der Waals surface area contributed by atoms with Crippen molar-refractivity contribution in [3.63, 3.8) is 0 Å². The molecule has 110 valence electrons. The van der Waals surface area contributed by atoms with E-state index >= 15 is 0 Å². The van der Waals surface area contributed by atoms with Gasteiger partial charge in [0.15, 0.2) is 0 Å². The molecule has 20 heavy (non-hydrogen) atoms. The smallest absolute Gasteiger partial charge is 0.289 e. The average Bonchev–Trinajstić information content (AvgIpc) is 2.39. The van der Waals surface area contributed by atoms with Crippen molar-refractivity contribution in [3.05, 3.63) is 33.3 Å². The Bertz CT molecular complexity index is 519. The van der Waals surface area contributed by atoms with E-state index in [1.165, 1.54) is 6.07 Å². The summed E-state index contributed by atoms with van der Waals surface area (Å²) in [7, 11) is 0. The Hall–Kier alpha value is -1.33. The zero-order valence-corrected chi connectivity index (χ0v) is 12.6. The normalized spacial score (nSPS) is 24.0. The van der Waals surface area contributed by atoms with Crippen molar-refractivity contribution in [1.29, 1.82) is 0 Å². The van der Waals surface area contributed by atoms with Gasteiger partial charge in [0.1, 0.15) is 5.02 Å². The Morgan fingerprint density at radius 3 is 2.80 bits per heavy atom. The van der Waals surface area contributed by atoms with Crippen LogP contribution in [-0.2, 0) is 4.74 Å². The van der Waals surface area contributed by atoms with E-state index in [4.69, 9.17) is 16.3 Å². The highest BCUT2D eigenvalue weighted by Crippen LogP contribution is 2.44. The summed E-state index contributed by atoms with van der Waals surface area (Å²) < 4.78 is 5.67. The fourth-order valence-corrected chi connectivity index (χ4v) is 2.74. The third-order valence-corrected chi connectivity index (χ3v) is 4.35. The third kappa shape index (κ3) is 2.74. The molecule has 1 saturated carbocycles. The second-order valence-corrected chi connectivity index (χ2v) is 6.03. The molecule has 0 aromatic heterocycles. The number of halogens is 1. The van der Waals surface area contributed by atoms with Crippen molar-refractivity contribution in [2.24, 2.45) is 5.41 Å². The molecule has 2 atom stereocenters. The Labute approximate surface area is 123 Å². The number of nitrogens with zero attached hydrogens (tertiary/aromatic N) is 1. The van der Waals surface area contributed by atoms with Gasteiger partial charge in [0.2, 0.25) is 0 Å². The van der Waals surface area contributed by atoms with Crippen LogP contribution in [0.2, 0.25) is 5.02 Å². The highest BCUT2D eigenvalue weighted by Gasteiger charge is 2.48. The van der Waals surface area contributed by atoms with Crippen LogP contribution in [0.25, 0.3) is 0 Å². The van der Waals surface area contributed by atoms with Gasteiger partial charge >= 0.3 is 0 Å². The number of nitrogens with one attached hydrogen (secondary N) is 1. The number of nitro groups is 1. The molecule has 1 N–H and O–H groups in total. The van der Waals surface area contributed by atoms with Gasteiger partial charge in [-0.1, -0.05) is 25.4 Å². The second-order valence-electron chi connectivity index (χ2n) is 5.62. The van der Waals surface area contributed by atoms with E-state index in [9.17, 15) is 10.1 Å². The molecule has 0 radical (unpaired) electrons. The van der Waals surface area contributed by atoms with Gasteiger partial charge in [-0.2, -0.15) is 0 Å².